The Balaban J connectivity index is 1.55. The quantitative estimate of drug-likeness (QED) is 0.588. The van der Waals surface area contributed by atoms with Crippen LogP contribution in [-0.2, 0) is 19.1 Å². The molecule has 4 aliphatic carbocycles. The number of ketones is 2. The molecule has 2 bridgehead atoms. The molecule has 6 aliphatic rings. The van der Waals surface area contributed by atoms with Crippen molar-refractivity contribution in [2.45, 2.75) is 96.7 Å². The first-order valence-electron chi connectivity index (χ1n) is 12.6. The maximum Gasteiger partial charge on any atom is 0.199 e. The van der Waals surface area contributed by atoms with Crippen LogP contribution in [0.3, 0.4) is 0 Å². The maximum atomic E-state index is 13.4. The Kier molecular flexibility index (Phi) is 4.10. The molecule has 0 aromatic heterocycles. The van der Waals surface area contributed by atoms with Crippen LogP contribution < -0.4 is 0 Å². The second-order valence-corrected chi connectivity index (χ2v) is 12.5. The van der Waals surface area contributed by atoms with Gasteiger partial charge in [-0.1, -0.05) is 33.8 Å². The van der Waals surface area contributed by atoms with Gasteiger partial charge in [0.05, 0.1) is 5.60 Å². The van der Waals surface area contributed by atoms with Crippen molar-refractivity contribution in [3.05, 3.63) is 34.9 Å². The number of hydrogen-bond donors (Lipinski definition) is 1. The van der Waals surface area contributed by atoms with Crippen molar-refractivity contribution < 1.29 is 24.2 Å². The third kappa shape index (κ3) is 2.30. The molecule has 0 radical (unpaired) electrons. The van der Waals surface area contributed by atoms with E-state index in [1.165, 1.54) is 0 Å². The highest BCUT2D eigenvalue weighted by Gasteiger charge is 2.76. The van der Waals surface area contributed by atoms with E-state index in [1.54, 1.807) is 12.2 Å². The zero-order chi connectivity index (χ0) is 23.8. The van der Waals surface area contributed by atoms with Gasteiger partial charge in [0.25, 0.3) is 0 Å². The van der Waals surface area contributed by atoms with Gasteiger partial charge in [-0.2, -0.15) is 0 Å². The van der Waals surface area contributed by atoms with Crippen molar-refractivity contribution in [3.63, 3.8) is 0 Å². The first-order valence-corrected chi connectivity index (χ1v) is 12.6. The van der Waals surface area contributed by atoms with Crippen LogP contribution in [-0.4, -0.2) is 39.8 Å². The standard InChI is InChI=1S/C28H36O5/c1-15-18-9-12-27(33-28(15)23(31)16(2)24(3,4)32-28)20-14-22(30)21-13-17(29)7-10-25(21,5)19(20)8-11-26(18,27)6/h8,13-16,18,23,31H,7,9-12H2,1-6H3. The van der Waals surface area contributed by atoms with Crippen LogP contribution in [0.2, 0.25) is 0 Å². The molecule has 6 rings (SSSR count). The Labute approximate surface area is 196 Å². The van der Waals surface area contributed by atoms with Crippen LogP contribution in [0, 0.1) is 28.6 Å². The summed E-state index contributed by atoms with van der Waals surface area (Å²) in [7, 11) is 0. The lowest BCUT2D eigenvalue weighted by Crippen LogP contribution is -2.68. The second kappa shape index (κ2) is 6.16. The number of fused-ring (bicyclic) bond motifs is 3. The highest BCUT2D eigenvalue weighted by atomic mass is 16.7. The zero-order valence-corrected chi connectivity index (χ0v) is 20.7. The van der Waals surface area contributed by atoms with Crippen molar-refractivity contribution in [1.29, 1.82) is 0 Å². The molecule has 178 valence electrons. The predicted molar refractivity (Wildman–Crippen MR) is 123 cm³/mol. The normalized spacial score (nSPS) is 52.0. The first-order chi connectivity index (χ1) is 15.3. The molecule has 1 N–H and O–H groups in total. The number of hydrogen-bond acceptors (Lipinski definition) is 5. The molecule has 8 atom stereocenters. The minimum Gasteiger partial charge on any atom is -0.387 e. The van der Waals surface area contributed by atoms with Gasteiger partial charge in [-0.15, -0.1) is 0 Å². The average molecular weight is 453 g/mol. The molecule has 33 heavy (non-hydrogen) atoms. The molecule has 8 unspecified atom stereocenters. The Hall–Kier alpha value is -1.56. The molecule has 5 heteroatoms. The van der Waals surface area contributed by atoms with Gasteiger partial charge in [-0.05, 0) is 68.7 Å². The lowest BCUT2D eigenvalue weighted by molar-refractivity contribution is -0.375. The number of aliphatic hydroxyl groups excluding tert-OH is 1. The molecule has 2 heterocycles. The van der Waals surface area contributed by atoms with Gasteiger partial charge < -0.3 is 14.6 Å². The number of aliphatic hydroxyl groups is 1. The molecule has 0 amide bonds. The van der Waals surface area contributed by atoms with Crippen LogP contribution in [0.15, 0.2) is 34.9 Å². The fraction of sp³-hybridized carbons (Fsp3) is 0.714. The maximum absolute atomic E-state index is 13.4. The van der Waals surface area contributed by atoms with Crippen molar-refractivity contribution in [1.82, 2.24) is 0 Å². The Bertz CT molecular complexity index is 1080. The number of ether oxygens (including phenoxy) is 2. The van der Waals surface area contributed by atoms with Gasteiger partial charge in [-0.3, -0.25) is 9.59 Å². The van der Waals surface area contributed by atoms with E-state index in [0.717, 1.165) is 30.4 Å². The van der Waals surface area contributed by atoms with E-state index in [1.807, 2.05) is 20.8 Å². The van der Waals surface area contributed by atoms with Gasteiger partial charge in [0.2, 0.25) is 0 Å². The summed E-state index contributed by atoms with van der Waals surface area (Å²) in [5, 5.41) is 11.5. The minimum absolute atomic E-state index is 0.0329. The third-order valence-corrected chi connectivity index (χ3v) is 10.9. The third-order valence-electron chi connectivity index (χ3n) is 10.9. The minimum atomic E-state index is -1.09. The highest BCUT2D eigenvalue weighted by molar-refractivity contribution is 6.13. The summed E-state index contributed by atoms with van der Waals surface area (Å²) in [5.41, 5.74) is 0.905. The largest absolute Gasteiger partial charge is 0.387 e. The molecular weight excluding hydrogens is 416 g/mol. The van der Waals surface area contributed by atoms with Crippen LogP contribution in [0.4, 0.5) is 0 Å². The predicted octanol–water partition coefficient (Wildman–Crippen LogP) is 4.44. The Morgan fingerprint density at radius 3 is 2.33 bits per heavy atom. The van der Waals surface area contributed by atoms with Gasteiger partial charge in [0.15, 0.2) is 17.4 Å². The van der Waals surface area contributed by atoms with Gasteiger partial charge in [0, 0.05) is 34.7 Å². The van der Waals surface area contributed by atoms with Crippen molar-refractivity contribution in [2.75, 3.05) is 0 Å². The lowest BCUT2D eigenvalue weighted by atomic mass is 9.50. The number of allylic oxidation sites excluding steroid dienone is 4. The summed E-state index contributed by atoms with van der Waals surface area (Å²) in [6.07, 6.45) is 8.67. The summed E-state index contributed by atoms with van der Waals surface area (Å²) in [6.45, 7) is 12.7. The van der Waals surface area contributed by atoms with E-state index in [0.29, 0.717) is 24.3 Å². The zero-order valence-electron chi connectivity index (χ0n) is 20.7. The summed E-state index contributed by atoms with van der Waals surface area (Å²) < 4.78 is 13.9. The fourth-order valence-corrected chi connectivity index (χ4v) is 8.52. The summed E-state index contributed by atoms with van der Waals surface area (Å²) in [6, 6.07) is 0. The molecule has 0 aromatic rings. The second-order valence-electron chi connectivity index (χ2n) is 12.5. The smallest absolute Gasteiger partial charge is 0.199 e. The van der Waals surface area contributed by atoms with E-state index in [9.17, 15) is 14.7 Å². The Morgan fingerprint density at radius 2 is 1.67 bits per heavy atom. The average Bonchev–Trinajstić information content (AvgIpc) is 3.07. The fourth-order valence-electron chi connectivity index (χ4n) is 8.52. The Morgan fingerprint density at radius 1 is 0.939 bits per heavy atom. The van der Waals surface area contributed by atoms with Gasteiger partial charge >= 0.3 is 0 Å². The van der Waals surface area contributed by atoms with E-state index >= 15 is 0 Å². The van der Waals surface area contributed by atoms with Crippen molar-refractivity contribution >= 4 is 11.6 Å². The topological polar surface area (TPSA) is 72.8 Å². The van der Waals surface area contributed by atoms with Gasteiger partial charge in [0.1, 0.15) is 11.7 Å². The summed E-state index contributed by atoms with van der Waals surface area (Å²) >= 11 is 0. The van der Waals surface area contributed by atoms with E-state index in [-0.39, 0.29) is 28.8 Å². The van der Waals surface area contributed by atoms with Crippen LogP contribution in [0.1, 0.15) is 73.6 Å². The number of carbonyl (C=O) groups excluding carboxylic acids is 2. The van der Waals surface area contributed by atoms with Crippen molar-refractivity contribution in [2.24, 2.45) is 28.6 Å². The molecule has 1 saturated carbocycles. The summed E-state index contributed by atoms with van der Waals surface area (Å²) in [5.74, 6) is -0.850. The van der Waals surface area contributed by atoms with Crippen LogP contribution in [0.25, 0.3) is 0 Å². The molecule has 1 spiro atoms. The molecule has 2 aliphatic heterocycles. The van der Waals surface area contributed by atoms with Crippen LogP contribution in [0.5, 0.6) is 0 Å². The lowest BCUT2D eigenvalue weighted by Gasteiger charge is -2.63. The van der Waals surface area contributed by atoms with Crippen molar-refractivity contribution in [3.8, 4) is 0 Å². The number of rotatable bonds is 0. The first kappa shape index (κ1) is 21.9. The van der Waals surface area contributed by atoms with Gasteiger partial charge in [-0.25, -0.2) is 0 Å². The molecular formula is C28H36O5. The van der Waals surface area contributed by atoms with E-state index in [2.05, 4.69) is 26.8 Å². The van der Waals surface area contributed by atoms with Crippen LogP contribution >= 0.6 is 0 Å². The highest BCUT2D eigenvalue weighted by Crippen LogP contribution is 2.73. The monoisotopic (exact) mass is 452 g/mol. The summed E-state index contributed by atoms with van der Waals surface area (Å²) in [4.78, 5) is 25.6. The number of carbonyl (C=O) groups is 2. The SMILES string of the molecule is CC1C(O)C2(OC1(C)C)OC13CCC(C2C)C1(C)CC=C1C3=CC(=O)C2=CC(=O)CCC21C. The molecule has 5 nitrogen and oxygen atoms in total. The van der Waals surface area contributed by atoms with E-state index < -0.39 is 28.5 Å². The molecule has 0 aromatic carbocycles. The molecule has 2 saturated heterocycles. The molecule has 3 fully saturated rings. The van der Waals surface area contributed by atoms with E-state index in [4.69, 9.17) is 9.47 Å².